The van der Waals surface area contributed by atoms with Gasteiger partial charge in [0.1, 0.15) is 39.1 Å². The van der Waals surface area contributed by atoms with Gasteiger partial charge in [-0.25, -0.2) is 9.59 Å². The molecule has 5 aromatic carbocycles. The lowest BCUT2D eigenvalue weighted by Gasteiger charge is -2.12. The Labute approximate surface area is 353 Å². The van der Waals surface area contributed by atoms with E-state index in [1.807, 2.05) is 0 Å². The van der Waals surface area contributed by atoms with Gasteiger partial charge >= 0.3 is 11.9 Å². The van der Waals surface area contributed by atoms with Gasteiger partial charge < -0.3 is 24.8 Å². The molecule has 1 atom stereocenters. The van der Waals surface area contributed by atoms with Gasteiger partial charge in [-0.2, -0.15) is 45.6 Å². The highest BCUT2D eigenvalue weighted by molar-refractivity contribution is 7.86. The van der Waals surface area contributed by atoms with E-state index in [0.29, 0.717) is 11.1 Å². The lowest BCUT2D eigenvalue weighted by atomic mass is 10.1. The molecule has 5 aromatic rings. The molecular formula is C35H26N8O17S3. The predicted octanol–water partition coefficient (Wildman–Crippen LogP) is 5.77. The van der Waals surface area contributed by atoms with Gasteiger partial charge in [0.2, 0.25) is 6.04 Å². The maximum absolute atomic E-state index is 13.2. The number of phenols is 1. The minimum Gasteiger partial charge on any atom is -0.505 e. The maximum atomic E-state index is 13.2. The second kappa shape index (κ2) is 17.0. The molecular weight excluding hydrogens is 901 g/mol. The molecule has 0 saturated heterocycles. The standard InChI is InChI=1S/C35H26N8O17S3/c1-59-26-15-25(27(60-2)14-24(26)38-37-23-10-8-20(62(53,54)55)13-22(23)34(46)47)39-40-29-28(63(56,57)58)12-16-11-17(3-9-21(16)32(29)44)36-41-30-31(35(48)49)42-43(33(30)45)18-4-6-19(7-5-18)61(50,51)52/h3-15,30,44H,1-2H3,(H,46,47)(H,48,49)(H,50,51,52)(H,53,54,55)(H,56,57,58)/b38-37+,40-39+,41-36+. The summed E-state index contributed by atoms with van der Waals surface area (Å²) in [6.07, 6.45) is 0. The zero-order valence-corrected chi connectivity index (χ0v) is 34.0. The number of carbonyl (C=O) groups excluding carboxylic acids is 1. The Morgan fingerprint density at radius 2 is 1.24 bits per heavy atom. The lowest BCUT2D eigenvalue weighted by Crippen LogP contribution is -2.33. The van der Waals surface area contributed by atoms with E-state index in [1.54, 1.807) is 0 Å². The van der Waals surface area contributed by atoms with Gasteiger partial charge in [0, 0.05) is 17.5 Å². The SMILES string of the molecule is COc1cc(/N=N/c2c(S(=O)(=O)O)cc3cc(/N=N/C4C(=O)N(c5ccc(S(=O)(=O)O)cc5)N=C4C(=O)O)ccc3c2O)c(OC)cc1/N=N/c1ccc(S(=O)(=O)O)cc1C(=O)O. The third-order valence-electron chi connectivity index (χ3n) is 8.61. The highest BCUT2D eigenvalue weighted by Crippen LogP contribution is 2.45. The second-order valence-electron chi connectivity index (χ2n) is 12.5. The Balaban J connectivity index is 1.32. The Kier molecular flexibility index (Phi) is 12.1. The number of anilines is 1. The first-order valence-corrected chi connectivity index (χ1v) is 21.2. The minimum absolute atomic E-state index is 0.0646. The number of aromatic carboxylic acids is 1. The van der Waals surface area contributed by atoms with Crippen molar-refractivity contribution in [3.8, 4) is 17.2 Å². The summed E-state index contributed by atoms with van der Waals surface area (Å²) in [5, 5.41) is 58.1. The van der Waals surface area contributed by atoms with Crippen molar-refractivity contribution in [3.63, 3.8) is 0 Å². The molecule has 0 aliphatic carbocycles. The van der Waals surface area contributed by atoms with Crippen LogP contribution in [-0.2, 0) is 39.9 Å². The van der Waals surface area contributed by atoms with E-state index in [4.69, 9.17) is 9.47 Å². The fourth-order valence-corrected chi connectivity index (χ4v) is 7.28. The lowest BCUT2D eigenvalue weighted by molar-refractivity contribution is -0.130. The van der Waals surface area contributed by atoms with Crippen LogP contribution in [0.4, 0.5) is 34.1 Å². The van der Waals surface area contributed by atoms with Crippen molar-refractivity contribution < 1.29 is 78.1 Å². The highest BCUT2D eigenvalue weighted by Gasteiger charge is 2.41. The second-order valence-corrected chi connectivity index (χ2v) is 16.8. The van der Waals surface area contributed by atoms with E-state index < -0.39 is 91.6 Å². The molecule has 28 heteroatoms. The summed E-state index contributed by atoms with van der Waals surface area (Å²) in [5.41, 5.74) is -2.87. The number of benzene rings is 5. The number of carboxylic acids is 2. The average Bonchev–Trinajstić information content (AvgIpc) is 3.56. The van der Waals surface area contributed by atoms with Crippen molar-refractivity contribution in [1.82, 2.24) is 0 Å². The van der Waals surface area contributed by atoms with E-state index in [1.165, 1.54) is 44.6 Å². The molecule has 0 bridgehead atoms. The first kappa shape index (κ1) is 44.9. The van der Waals surface area contributed by atoms with Gasteiger partial charge in [-0.15, -0.1) is 20.5 Å². The number of nitrogens with zero attached hydrogens (tertiary/aromatic N) is 8. The Bertz CT molecular complexity index is 3230. The molecule has 1 aliphatic heterocycles. The summed E-state index contributed by atoms with van der Waals surface area (Å²) in [7, 11) is -12.1. The molecule has 0 aromatic heterocycles. The Morgan fingerprint density at radius 3 is 1.78 bits per heavy atom. The van der Waals surface area contributed by atoms with Crippen molar-refractivity contribution in [2.24, 2.45) is 35.8 Å². The summed E-state index contributed by atoms with van der Waals surface area (Å²) < 4.78 is 110. The monoisotopic (exact) mass is 926 g/mol. The number of fused-ring (bicyclic) bond motifs is 1. The van der Waals surface area contributed by atoms with Crippen LogP contribution in [0.15, 0.2) is 129 Å². The van der Waals surface area contributed by atoms with Crippen LogP contribution in [0.5, 0.6) is 17.2 Å². The van der Waals surface area contributed by atoms with Crippen LogP contribution < -0.4 is 14.5 Å². The summed E-state index contributed by atoms with van der Waals surface area (Å²) in [5.74, 6) is -5.24. The zero-order chi connectivity index (χ0) is 46.2. The molecule has 63 heavy (non-hydrogen) atoms. The van der Waals surface area contributed by atoms with Crippen molar-refractivity contribution in [2.75, 3.05) is 19.2 Å². The number of amides is 1. The Hall–Kier alpha value is -7.63. The van der Waals surface area contributed by atoms with E-state index in [0.717, 1.165) is 42.5 Å². The molecule has 1 aliphatic rings. The molecule has 1 amide bonds. The molecule has 326 valence electrons. The Morgan fingerprint density at radius 1 is 0.667 bits per heavy atom. The fraction of sp³-hybridized carbons (Fsp3) is 0.0857. The largest absolute Gasteiger partial charge is 0.505 e. The smallest absolute Gasteiger partial charge is 0.355 e. The van der Waals surface area contributed by atoms with Gasteiger partial charge in [-0.05, 0) is 72.1 Å². The fourth-order valence-electron chi connectivity index (χ4n) is 5.64. The third kappa shape index (κ3) is 9.49. The number of hydrogen-bond acceptors (Lipinski definition) is 19. The molecule has 6 N–H and O–H groups in total. The van der Waals surface area contributed by atoms with Gasteiger partial charge in [0.05, 0.1) is 40.9 Å². The predicted molar refractivity (Wildman–Crippen MR) is 214 cm³/mol. The highest BCUT2D eigenvalue weighted by atomic mass is 32.2. The summed E-state index contributed by atoms with van der Waals surface area (Å²) in [6.45, 7) is 0. The van der Waals surface area contributed by atoms with E-state index >= 15 is 0 Å². The van der Waals surface area contributed by atoms with E-state index in [-0.39, 0.29) is 50.7 Å². The molecule has 1 heterocycles. The van der Waals surface area contributed by atoms with E-state index in [2.05, 4.69) is 35.8 Å². The first-order valence-electron chi connectivity index (χ1n) is 16.9. The van der Waals surface area contributed by atoms with Gasteiger partial charge in [0.15, 0.2) is 11.5 Å². The van der Waals surface area contributed by atoms with Crippen molar-refractivity contribution in [2.45, 2.75) is 20.7 Å². The molecule has 0 fully saturated rings. The first-order chi connectivity index (χ1) is 29.5. The van der Waals surface area contributed by atoms with Crippen LogP contribution in [0.2, 0.25) is 0 Å². The zero-order valence-electron chi connectivity index (χ0n) is 31.6. The molecule has 0 saturated carbocycles. The number of rotatable bonds is 14. The number of phenolic OH excluding ortho intramolecular Hbond substituents is 1. The number of aromatic hydroxyl groups is 1. The van der Waals surface area contributed by atoms with E-state index in [9.17, 15) is 68.6 Å². The van der Waals surface area contributed by atoms with Crippen molar-refractivity contribution in [3.05, 3.63) is 84.4 Å². The summed E-state index contributed by atoms with van der Waals surface area (Å²) >= 11 is 0. The van der Waals surface area contributed by atoms with Crippen LogP contribution in [0, 0.1) is 0 Å². The van der Waals surface area contributed by atoms with Crippen molar-refractivity contribution >= 4 is 98.8 Å². The molecule has 25 nitrogen and oxygen atoms in total. The number of methoxy groups -OCH3 is 2. The molecule has 0 spiro atoms. The topological polar surface area (TPSA) is 383 Å². The third-order valence-corrected chi connectivity index (χ3v) is 11.2. The number of carboxylic acid groups (broad SMARTS) is 2. The number of carbonyl (C=O) groups is 3. The average molecular weight is 927 g/mol. The van der Waals surface area contributed by atoms with Gasteiger partial charge in [-0.1, -0.05) is 0 Å². The van der Waals surface area contributed by atoms with Crippen LogP contribution >= 0.6 is 0 Å². The van der Waals surface area contributed by atoms with Crippen LogP contribution in [0.1, 0.15) is 10.4 Å². The molecule has 0 radical (unpaired) electrons. The molecule has 6 rings (SSSR count). The number of aliphatic carboxylic acids is 1. The van der Waals surface area contributed by atoms with Gasteiger partial charge in [0.25, 0.3) is 36.3 Å². The molecule has 1 unspecified atom stereocenters. The van der Waals surface area contributed by atoms with Crippen molar-refractivity contribution in [1.29, 1.82) is 0 Å². The number of azo groups is 3. The van der Waals surface area contributed by atoms with Crippen LogP contribution in [-0.4, -0.2) is 98.1 Å². The number of hydrazone groups is 1. The quantitative estimate of drug-likeness (QED) is 0.0568. The number of ether oxygens (including phenoxy) is 2. The van der Waals surface area contributed by atoms with Gasteiger partial charge in [-0.3, -0.25) is 18.5 Å². The normalized spacial score (nSPS) is 14.9. The number of hydrogen-bond donors (Lipinski definition) is 6. The summed E-state index contributed by atoms with van der Waals surface area (Å²) in [4.78, 5) is 34.8. The van der Waals surface area contributed by atoms with Crippen LogP contribution in [0.25, 0.3) is 10.8 Å². The minimum atomic E-state index is -5.17. The maximum Gasteiger partial charge on any atom is 0.355 e. The summed E-state index contributed by atoms with van der Waals surface area (Å²) in [6, 6.07) is 11.7. The van der Waals surface area contributed by atoms with Crippen LogP contribution in [0.3, 0.4) is 0 Å².